The van der Waals surface area contributed by atoms with Crippen LogP contribution in [0.15, 0.2) is 73.1 Å². The molecule has 1 aliphatic heterocycles. The largest absolute Gasteiger partial charge is 0.368 e. The topological polar surface area (TPSA) is 45.2 Å². The molecule has 6 rings (SSSR count). The van der Waals surface area contributed by atoms with Crippen LogP contribution in [0.5, 0.6) is 0 Å². The first-order chi connectivity index (χ1) is 17.4. The lowest BCUT2D eigenvalue weighted by Crippen LogP contribution is -2.46. The summed E-state index contributed by atoms with van der Waals surface area (Å²) in [6.45, 7) is 11.8. The average Bonchev–Trinajstić information content (AvgIpc) is 3.33. The minimum Gasteiger partial charge on any atom is -0.368 e. The molecule has 0 spiro atoms. The summed E-state index contributed by atoms with van der Waals surface area (Å²) in [5.41, 5.74) is 8.31. The smallest absolute Gasteiger partial charge is 0.124 e. The number of fused-ring (bicyclic) bond motifs is 2. The third-order valence-corrected chi connectivity index (χ3v) is 8.19. The molecule has 6 heteroatoms. The number of thiazole rings is 1. The summed E-state index contributed by atoms with van der Waals surface area (Å²) in [5.74, 6) is 0. The van der Waals surface area contributed by atoms with Crippen LogP contribution in [0.4, 0.5) is 5.69 Å². The van der Waals surface area contributed by atoms with Crippen molar-refractivity contribution in [3.63, 3.8) is 0 Å². The lowest BCUT2D eigenvalue weighted by atomic mass is 9.87. The van der Waals surface area contributed by atoms with E-state index in [9.17, 15) is 0 Å². The van der Waals surface area contributed by atoms with Crippen LogP contribution in [-0.2, 0) is 12.0 Å². The molecule has 1 saturated heterocycles. The second-order valence-electron chi connectivity index (χ2n) is 10.6. The van der Waals surface area contributed by atoms with Gasteiger partial charge in [0.2, 0.25) is 0 Å². The number of benzene rings is 3. The Bertz CT molecular complexity index is 1510. The average molecular weight is 494 g/mol. The molecule has 0 N–H and O–H groups in total. The zero-order valence-corrected chi connectivity index (χ0v) is 21.9. The first kappa shape index (κ1) is 23.1. The van der Waals surface area contributed by atoms with Crippen LogP contribution < -0.4 is 4.90 Å². The van der Waals surface area contributed by atoms with Gasteiger partial charge >= 0.3 is 0 Å². The lowest BCUT2D eigenvalue weighted by Gasteiger charge is -2.36. The fourth-order valence-electron chi connectivity index (χ4n) is 4.93. The van der Waals surface area contributed by atoms with Crippen LogP contribution in [-0.4, -0.2) is 46.0 Å². The summed E-state index contributed by atoms with van der Waals surface area (Å²) >= 11 is 1.81. The van der Waals surface area contributed by atoms with Gasteiger partial charge in [0.15, 0.2) is 0 Å². The zero-order chi connectivity index (χ0) is 24.7. The molecule has 0 aliphatic carbocycles. The van der Waals surface area contributed by atoms with Gasteiger partial charge in [-0.15, -0.1) is 11.3 Å². The van der Waals surface area contributed by atoms with Crippen molar-refractivity contribution in [2.45, 2.75) is 32.7 Å². The molecular weight excluding hydrogens is 462 g/mol. The van der Waals surface area contributed by atoms with Crippen LogP contribution in [0.2, 0.25) is 0 Å². The van der Waals surface area contributed by atoms with E-state index >= 15 is 0 Å². The molecule has 3 heterocycles. The fourth-order valence-corrected chi connectivity index (χ4v) is 6.04. The molecule has 5 aromatic rings. The highest BCUT2D eigenvalue weighted by Gasteiger charge is 2.21. The first-order valence-electron chi connectivity index (χ1n) is 12.6. The van der Waals surface area contributed by atoms with Gasteiger partial charge < -0.3 is 4.90 Å². The zero-order valence-electron chi connectivity index (χ0n) is 21.1. The molecule has 2 aromatic heterocycles. The molecule has 0 amide bonds. The van der Waals surface area contributed by atoms with E-state index in [1.54, 1.807) is 12.4 Å². The minimum absolute atomic E-state index is 0.157. The van der Waals surface area contributed by atoms with Crippen LogP contribution in [0.25, 0.3) is 31.8 Å². The van der Waals surface area contributed by atoms with E-state index < -0.39 is 0 Å². The second kappa shape index (κ2) is 9.26. The minimum atomic E-state index is 0.157. The van der Waals surface area contributed by atoms with Gasteiger partial charge in [-0.2, -0.15) is 0 Å². The predicted molar refractivity (Wildman–Crippen MR) is 151 cm³/mol. The maximum atomic E-state index is 5.00. The third kappa shape index (κ3) is 4.59. The van der Waals surface area contributed by atoms with Crippen molar-refractivity contribution in [3.8, 4) is 10.6 Å². The van der Waals surface area contributed by atoms with E-state index in [1.165, 1.54) is 27.1 Å². The van der Waals surface area contributed by atoms with Crippen LogP contribution >= 0.6 is 11.3 Å². The Morgan fingerprint density at radius 1 is 0.806 bits per heavy atom. The molecule has 1 aliphatic rings. The molecule has 0 saturated carbocycles. The molecule has 5 nitrogen and oxygen atoms in total. The molecule has 36 heavy (non-hydrogen) atoms. The summed E-state index contributed by atoms with van der Waals surface area (Å²) in [6.07, 6.45) is 3.51. The number of aromatic nitrogens is 3. The summed E-state index contributed by atoms with van der Waals surface area (Å²) in [7, 11) is 0. The van der Waals surface area contributed by atoms with Gasteiger partial charge in [-0.05, 0) is 40.8 Å². The van der Waals surface area contributed by atoms with Crippen molar-refractivity contribution < 1.29 is 0 Å². The van der Waals surface area contributed by atoms with E-state index in [-0.39, 0.29) is 5.41 Å². The van der Waals surface area contributed by atoms with Crippen LogP contribution in [0.3, 0.4) is 0 Å². The normalized spacial score (nSPS) is 15.1. The molecule has 182 valence electrons. The Morgan fingerprint density at radius 2 is 1.56 bits per heavy atom. The van der Waals surface area contributed by atoms with E-state index in [1.807, 2.05) is 11.3 Å². The number of piperazine rings is 1. The Kier molecular flexibility index (Phi) is 5.94. The van der Waals surface area contributed by atoms with Crippen molar-refractivity contribution >= 4 is 38.3 Å². The SMILES string of the molecule is CC(C)(C)c1ccc(-c2nc3cccc(N4CCN(Cc5ccc6nccnc6c5)CC4)c3s2)cc1. The molecule has 0 unspecified atom stereocenters. The van der Waals surface area contributed by atoms with Gasteiger partial charge in [0.05, 0.1) is 26.9 Å². The van der Waals surface area contributed by atoms with E-state index in [0.717, 1.165) is 54.3 Å². The summed E-state index contributed by atoms with van der Waals surface area (Å²) in [4.78, 5) is 18.9. The standard InChI is InChI=1S/C30H31N5S/c1-30(2,3)23-10-8-22(9-11-23)29-33-25-5-4-6-27(28(25)36-29)35-17-15-34(16-18-35)20-21-7-12-24-26(19-21)32-14-13-31-24/h4-14,19H,15-18,20H2,1-3H3. The summed E-state index contributed by atoms with van der Waals surface area (Å²) in [5, 5.41) is 1.09. The fraction of sp³-hybridized carbons (Fsp3) is 0.300. The lowest BCUT2D eigenvalue weighted by molar-refractivity contribution is 0.250. The van der Waals surface area contributed by atoms with Gasteiger partial charge in [-0.3, -0.25) is 14.9 Å². The monoisotopic (exact) mass is 493 g/mol. The maximum absolute atomic E-state index is 5.00. The van der Waals surface area contributed by atoms with Crippen molar-refractivity contribution in [1.82, 2.24) is 19.9 Å². The van der Waals surface area contributed by atoms with Gasteiger partial charge in [-0.1, -0.05) is 57.2 Å². The highest BCUT2D eigenvalue weighted by molar-refractivity contribution is 7.22. The van der Waals surface area contributed by atoms with E-state index in [0.29, 0.717) is 0 Å². The molecule has 0 atom stereocenters. The Morgan fingerprint density at radius 3 is 2.31 bits per heavy atom. The first-order valence-corrected chi connectivity index (χ1v) is 13.4. The van der Waals surface area contributed by atoms with Crippen molar-refractivity contribution in [3.05, 3.63) is 84.2 Å². The van der Waals surface area contributed by atoms with Crippen molar-refractivity contribution in [2.24, 2.45) is 0 Å². The van der Waals surface area contributed by atoms with E-state index in [2.05, 4.69) is 101 Å². The molecular formula is C30H31N5S. The summed E-state index contributed by atoms with van der Waals surface area (Å²) in [6, 6.07) is 21.9. The van der Waals surface area contributed by atoms with Gasteiger partial charge in [0, 0.05) is 50.7 Å². The van der Waals surface area contributed by atoms with Gasteiger partial charge in [-0.25, -0.2) is 4.98 Å². The molecule has 0 radical (unpaired) electrons. The Hall–Kier alpha value is -3.35. The number of hydrogen-bond donors (Lipinski definition) is 0. The molecule has 0 bridgehead atoms. The molecule has 3 aromatic carbocycles. The number of anilines is 1. The molecule has 1 fully saturated rings. The Labute approximate surface area is 216 Å². The predicted octanol–water partition coefficient (Wildman–Crippen LogP) is 6.53. The van der Waals surface area contributed by atoms with Crippen LogP contribution in [0, 0.1) is 0 Å². The Balaban J connectivity index is 1.17. The number of rotatable bonds is 4. The maximum Gasteiger partial charge on any atom is 0.124 e. The third-order valence-electron chi connectivity index (χ3n) is 7.04. The van der Waals surface area contributed by atoms with Crippen molar-refractivity contribution in [1.29, 1.82) is 0 Å². The van der Waals surface area contributed by atoms with Crippen molar-refractivity contribution in [2.75, 3.05) is 31.1 Å². The van der Waals surface area contributed by atoms with E-state index in [4.69, 9.17) is 4.98 Å². The summed E-state index contributed by atoms with van der Waals surface area (Å²) < 4.78 is 1.29. The highest BCUT2D eigenvalue weighted by atomic mass is 32.1. The number of nitrogens with zero attached hydrogens (tertiary/aromatic N) is 5. The number of hydrogen-bond acceptors (Lipinski definition) is 6. The van der Waals surface area contributed by atoms with Gasteiger partial charge in [0.1, 0.15) is 5.01 Å². The second-order valence-corrected chi connectivity index (χ2v) is 11.6. The quantitative estimate of drug-likeness (QED) is 0.285. The van der Waals surface area contributed by atoms with Gasteiger partial charge in [0.25, 0.3) is 0 Å². The highest BCUT2D eigenvalue weighted by Crippen LogP contribution is 2.37. The van der Waals surface area contributed by atoms with Crippen LogP contribution in [0.1, 0.15) is 31.9 Å².